The monoisotopic (exact) mass is 256 g/mol. The van der Waals surface area contributed by atoms with Crippen molar-refractivity contribution in [1.82, 2.24) is 0 Å². The van der Waals surface area contributed by atoms with Crippen molar-refractivity contribution in [3.8, 4) is 17.2 Å². The van der Waals surface area contributed by atoms with Gasteiger partial charge in [-0.3, -0.25) is 4.79 Å². The van der Waals surface area contributed by atoms with Crippen LogP contribution in [0.5, 0.6) is 17.2 Å². The molecular weight excluding hydrogens is 236 g/mol. The van der Waals surface area contributed by atoms with E-state index in [2.05, 4.69) is 6.92 Å². The van der Waals surface area contributed by atoms with Gasteiger partial charge >= 0.3 is 0 Å². The number of benzene rings is 1. The molecule has 1 rings (SSSR count). The Morgan fingerprint density at radius 1 is 1.22 bits per heavy atom. The Bertz CT molecular complexity index is 358. The van der Waals surface area contributed by atoms with Gasteiger partial charge in [-0.1, -0.05) is 13.3 Å². The molecule has 0 radical (unpaired) electrons. The lowest BCUT2D eigenvalue weighted by atomic mass is 10.1. The number of carbonyl (C=O) groups is 1. The lowest BCUT2D eigenvalue weighted by molar-refractivity contribution is -0.134. The molecule has 0 heterocycles. The largest absolute Gasteiger partial charge is 0.502 e. The third kappa shape index (κ3) is 5.43. The SMILES string of the molecule is CC(=O)O.CCCc1cc(OC)c(O)c(OC)c1. The van der Waals surface area contributed by atoms with Crippen LogP contribution < -0.4 is 9.47 Å². The number of methoxy groups -OCH3 is 2. The zero-order chi connectivity index (χ0) is 14.1. The van der Waals surface area contributed by atoms with Crippen molar-refractivity contribution >= 4 is 5.97 Å². The zero-order valence-corrected chi connectivity index (χ0v) is 11.2. The number of ether oxygens (including phenoxy) is 2. The Hall–Kier alpha value is -1.91. The van der Waals surface area contributed by atoms with E-state index in [9.17, 15) is 5.11 Å². The fraction of sp³-hybridized carbons (Fsp3) is 0.462. The van der Waals surface area contributed by atoms with Gasteiger partial charge in [0.25, 0.3) is 5.97 Å². The van der Waals surface area contributed by atoms with Gasteiger partial charge in [0, 0.05) is 6.92 Å². The van der Waals surface area contributed by atoms with Crippen LogP contribution in [0.15, 0.2) is 12.1 Å². The molecule has 0 aromatic heterocycles. The number of aryl methyl sites for hydroxylation is 1. The predicted octanol–water partition coefficient (Wildman–Crippen LogP) is 2.45. The van der Waals surface area contributed by atoms with Gasteiger partial charge in [-0.25, -0.2) is 0 Å². The summed E-state index contributed by atoms with van der Waals surface area (Å²) < 4.78 is 10.1. The Morgan fingerprint density at radius 2 is 1.61 bits per heavy atom. The highest BCUT2D eigenvalue weighted by molar-refractivity contribution is 5.62. The van der Waals surface area contributed by atoms with Crippen LogP contribution in [0.3, 0.4) is 0 Å². The molecule has 0 bridgehead atoms. The Morgan fingerprint density at radius 3 is 1.89 bits per heavy atom. The smallest absolute Gasteiger partial charge is 0.300 e. The lowest BCUT2D eigenvalue weighted by Crippen LogP contribution is -1.92. The summed E-state index contributed by atoms with van der Waals surface area (Å²) in [6.45, 7) is 3.19. The predicted molar refractivity (Wildman–Crippen MR) is 68.5 cm³/mol. The van der Waals surface area contributed by atoms with Crippen LogP contribution in [-0.4, -0.2) is 30.4 Å². The molecule has 0 unspecified atom stereocenters. The highest BCUT2D eigenvalue weighted by Gasteiger charge is 2.10. The molecule has 0 spiro atoms. The molecule has 0 fully saturated rings. The van der Waals surface area contributed by atoms with E-state index in [0.717, 1.165) is 25.3 Å². The summed E-state index contributed by atoms with van der Waals surface area (Å²) in [5.74, 6) is 0.162. The van der Waals surface area contributed by atoms with Gasteiger partial charge in [0.1, 0.15) is 0 Å². The van der Waals surface area contributed by atoms with E-state index < -0.39 is 5.97 Å². The number of phenols is 1. The molecule has 18 heavy (non-hydrogen) atoms. The molecule has 1 aromatic rings. The molecular formula is C13H20O5. The summed E-state index contributed by atoms with van der Waals surface area (Å²) in [7, 11) is 3.06. The average Bonchev–Trinajstić information content (AvgIpc) is 2.30. The van der Waals surface area contributed by atoms with E-state index in [1.54, 1.807) is 0 Å². The second-order valence-corrected chi connectivity index (χ2v) is 3.62. The first-order chi connectivity index (χ1) is 8.46. The highest BCUT2D eigenvalue weighted by atomic mass is 16.5. The Kier molecular flexibility index (Phi) is 7.35. The molecule has 5 nitrogen and oxygen atoms in total. The van der Waals surface area contributed by atoms with Crippen LogP contribution >= 0.6 is 0 Å². The number of aliphatic carboxylic acids is 1. The van der Waals surface area contributed by atoms with Gasteiger partial charge in [0.2, 0.25) is 5.75 Å². The van der Waals surface area contributed by atoms with Crippen molar-refractivity contribution in [1.29, 1.82) is 0 Å². The third-order valence-electron chi connectivity index (χ3n) is 2.08. The first-order valence-corrected chi connectivity index (χ1v) is 5.59. The first kappa shape index (κ1) is 16.1. The summed E-state index contributed by atoms with van der Waals surface area (Å²) in [5, 5.41) is 17.0. The van der Waals surface area contributed by atoms with Gasteiger partial charge in [-0.15, -0.1) is 0 Å². The standard InChI is InChI=1S/C11H16O3.C2H4O2/c1-4-5-8-6-9(13-2)11(12)10(7-8)14-3;1-2(3)4/h6-7,12H,4-5H2,1-3H3;1H3,(H,3,4). The normalized spacial score (nSPS) is 9.11. The van der Waals surface area contributed by atoms with Crippen LogP contribution in [0, 0.1) is 0 Å². The molecule has 0 saturated heterocycles. The molecule has 0 atom stereocenters. The van der Waals surface area contributed by atoms with Crippen molar-refractivity contribution in [2.75, 3.05) is 14.2 Å². The highest BCUT2D eigenvalue weighted by Crippen LogP contribution is 2.37. The minimum Gasteiger partial charge on any atom is -0.502 e. The number of rotatable bonds is 4. The van der Waals surface area contributed by atoms with E-state index in [-0.39, 0.29) is 5.75 Å². The van der Waals surface area contributed by atoms with Crippen LogP contribution in [0.25, 0.3) is 0 Å². The van der Waals surface area contributed by atoms with Crippen LogP contribution in [0.4, 0.5) is 0 Å². The quantitative estimate of drug-likeness (QED) is 0.865. The first-order valence-electron chi connectivity index (χ1n) is 5.59. The Labute approximate surface area is 107 Å². The van der Waals surface area contributed by atoms with E-state index in [1.165, 1.54) is 14.2 Å². The van der Waals surface area contributed by atoms with Gasteiger partial charge in [-0.05, 0) is 24.1 Å². The number of hydrogen-bond acceptors (Lipinski definition) is 4. The number of carboxylic acids is 1. The Balaban J connectivity index is 0.000000631. The van der Waals surface area contributed by atoms with Crippen molar-refractivity contribution < 1.29 is 24.5 Å². The summed E-state index contributed by atoms with van der Waals surface area (Å²) in [6.07, 6.45) is 2.00. The minimum absolute atomic E-state index is 0.0647. The van der Waals surface area contributed by atoms with Crippen molar-refractivity contribution in [3.05, 3.63) is 17.7 Å². The zero-order valence-electron chi connectivity index (χ0n) is 11.2. The van der Waals surface area contributed by atoms with Crippen molar-refractivity contribution in [2.24, 2.45) is 0 Å². The van der Waals surface area contributed by atoms with Crippen molar-refractivity contribution in [2.45, 2.75) is 26.7 Å². The second kappa shape index (κ2) is 8.22. The lowest BCUT2D eigenvalue weighted by Gasteiger charge is -2.10. The maximum absolute atomic E-state index is 9.63. The topological polar surface area (TPSA) is 76.0 Å². The molecule has 102 valence electrons. The van der Waals surface area contributed by atoms with Gasteiger partial charge < -0.3 is 19.7 Å². The van der Waals surface area contributed by atoms with Crippen LogP contribution in [0.2, 0.25) is 0 Å². The maximum Gasteiger partial charge on any atom is 0.300 e. The van der Waals surface area contributed by atoms with E-state index in [1.807, 2.05) is 12.1 Å². The fourth-order valence-electron chi connectivity index (χ4n) is 1.38. The number of carboxylic acid groups (broad SMARTS) is 1. The van der Waals surface area contributed by atoms with Gasteiger partial charge in [0.05, 0.1) is 14.2 Å². The number of aromatic hydroxyl groups is 1. The van der Waals surface area contributed by atoms with E-state index in [0.29, 0.717) is 11.5 Å². The molecule has 2 N–H and O–H groups in total. The molecule has 0 aliphatic rings. The van der Waals surface area contributed by atoms with Gasteiger partial charge in [0.15, 0.2) is 11.5 Å². The summed E-state index contributed by atoms with van der Waals surface area (Å²) in [5.41, 5.74) is 1.11. The molecule has 1 aromatic carbocycles. The maximum atomic E-state index is 9.63. The second-order valence-electron chi connectivity index (χ2n) is 3.62. The number of phenolic OH excluding ortho intramolecular Hbond substituents is 1. The minimum atomic E-state index is -0.833. The van der Waals surface area contributed by atoms with Crippen LogP contribution in [-0.2, 0) is 11.2 Å². The molecule has 0 aliphatic heterocycles. The van der Waals surface area contributed by atoms with E-state index in [4.69, 9.17) is 19.4 Å². The molecule has 5 heteroatoms. The molecule has 0 saturated carbocycles. The summed E-state index contributed by atoms with van der Waals surface area (Å²) in [6, 6.07) is 3.67. The van der Waals surface area contributed by atoms with E-state index >= 15 is 0 Å². The molecule has 0 aliphatic carbocycles. The fourth-order valence-corrected chi connectivity index (χ4v) is 1.38. The average molecular weight is 256 g/mol. The summed E-state index contributed by atoms with van der Waals surface area (Å²) >= 11 is 0. The molecule has 0 amide bonds. The third-order valence-corrected chi connectivity index (χ3v) is 2.08. The van der Waals surface area contributed by atoms with Crippen molar-refractivity contribution in [3.63, 3.8) is 0 Å². The summed E-state index contributed by atoms with van der Waals surface area (Å²) in [4.78, 5) is 9.00. The van der Waals surface area contributed by atoms with Gasteiger partial charge in [-0.2, -0.15) is 0 Å². The number of hydrogen-bond donors (Lipinski definition) is 2. The van der Waals surface area contributed by atoms with Crippen LogP contribution in [0.1, 0.15) is 25.8 Å².